The van der Waals surface area contributed by atoms with Gasteiger partial charge >= 0.3 is 12.0 Å². The molecule has 15 heteroatoms. The Bertz CT molecular complexity index is 1770. The average molecular weight is 581 g/mol. The second-order valence-corrected chi connectivity index (χ2v) is 11.2. The number of carbonyl (C=O) groups is 2. The van der Waals surface area contributed by atoms with Gasteiger partial charge in [-0.25, -0.2) is 31.7 Å². The molecule has 0 aliphatic heterocycles. The van der Waals surface area contributed by atoms with Crippen LogP contribution < -0.4 is 20.9 Å². The van der Waals surface area contributed by atoms with Crippen LogP contribution in [0.4, 0.5) is 20.6 Å². The Balaban J connectivity index is 1.72. The summed E-state index contributed by atoms with van der Waals surface area (Å²) >= 11 is 6.47. The van der Waals surface area contributed by atoms with E-state index in [-0.39, 0.29) is 30.6 Å². The van der Waals surface area contributed by atoms with E-state index < -0.39 is 45.0 Å². The molecule has 198 valence electrons. The maximum absolute atomic E-state index is 15.2. The van der Waals surface area contributed by atoms with Gasteiger partial charge in [-0.15, -0.1) is 11.3 Å². The van der Waals surface area contributed by atoms with Gasteiger partial charge in [0.2, 0.25) is 5.88 Å². The number of anilines is 2. The zero-order valence-corrected chi connectivity index (χ0v) is 21.9. The summed E-state index contributed by atoms with van der Waals surface area (Å²) in [6.45, 7) is 0. The van der Waals surface area contributed by atoms with Crippen molar-refractivity contribution in [1.29, 1.82) is 0 Å². The molecule has 11 nitrogen and oxygen atoms in total. The summed E-state index contributed by atoms with van der Waals surface area (Å²) in [7, 11) is -1.51. The van der Waals surface area contributed by atoms with Crippen LogP contribution in [0.2, 0.25) is 4.34 Å². The van der Waals surface area contributed by atoms with Crippen molar-refractivity contribution < 1.29 is 32.2 Å². The molecule has 0 aliphatic carbocycles. The Morgan fingerprint density at radius 2 is 1.79 bits per heavy atom. The van der Waals surface area contributed by atoms with Crippen LogP contribution in [0.1, 0.15) is 10.4 Å². The quantitative estimate of drug-likeness (QED) is 0.250. The number of esters is 1. The van der Waals surface area contributed by atoms with Crippen molar-refractivity contribution in [2.24, 2.45) is 0 Å². The van der Waals surface area contributed by atoms with Crippen molar-refractivity contribution in [3.05, 3.63) is 74.6 Å². The van der Waals surface area contributed by atoms with Crippen LogP contribution in [0.5, 0.6) is 5.88 Å². The van der Waals surface area contributed by atoms with Gasteiger partial charge in [-0.05, 0) is 48.5 Å². The summed E-state index contributed by atoms with van der Waals surface area (Å²) in [5.74, 6) is -2.89. The molecule has 0 radical (unpaired) electrons. The first-order valence-electron chi connectivity index (χ1n) is 10.5. The number of methoxy groups -OCH3 is 1. The van der Waals surface area contributed by atoms with Crippen LogP contribution >= 0.6 is 22.9 Å². The third kappa shape index (κ3) is 5.01. The Morgan fingerprint density at radius 3 is 2.39 bits per heavy atom. The van der Waals surface area contributed by atoms with Gasteiger partial charge in [-0.2, -0.15) is 0 Å². The number of rotatable bonds is 6. The molecule has 2 aromatic carbocycles. The van der Waals surface area contributed by atoms with E-state index in [9.17, 15) is 27.9 Å². The fourth-order valence-corrected chi connectivity index (χ4v) is 6.00. The van der Waals surface area contributed by atoms with Crippen molar-refractivity contribution in [2.75, 3.05) is 24.8 Å². The van der Waals surface area contributed by atoms with Gasteiger partial charge in [0, 0.05) is 29.2 Å². The number of hydrogen-bond acceptors (Lipinski definition) is 9. The Kier molecular flexibility index (Phi) is 7.31. The Labute approximate surface area is 223 Å². The van der Waals surface area contributed by atoms with Crippen LogP contribution in [-0.2, 0) is 14.8 Å². The number of fused-ring (bicyclic) bond motifs is 1. The zero-order chi connectivity index (χ0) is 27.8. The summed E-state index contributed by atoms with van der Waals surface area (Å²) in [4.78, 5) is 38.0. The van der Waals surface area contributed by atoms with E-state index in [4.69, 9.17) is 16.3 Å². The molecule has 0 saturated heterocycles. The number of amides is 2. The van der Waals surface area contributed by atoms with Crippen molar-refractivity contribution >= 4 is 67.1 Å². The van der Waals surface area contributed by atoms with Crippen molar-refractivity contribution in [1.82, 2.24) is 9.29 Å². The first-order valence-corrected chi connectivity index (χ1v) is 13.2. The van der Waals surface area contributed by atoms with Crippen molar-refractivity contribution in [3.63, 3.8) is 0 Å². The molecule has 0 saturated carbocycles. The number of hydrogen-bond donors (Lipinski definition) is 4. The lowest BCUT2D eigenvalue weighted by molar-refractivity contribution is 0.0598. The van der Waals surface area contributed by atoms with Crippen LogP contribution in [-0.4, -0.2) is 44.2 Å². The highest BCUT2D eigenvalue weighted by Gasteiger charge is 2.25. The Morgan fingerprint density at radius 1 is 1.08 bits per heavy atom. The fourth-order valence-electron chi connectivity index (χ4n) is 3.61. The lowest BCUT2D eigenvalue weighted by atomic mass is 10.0. The first kappa shape index (κ1) is 26.9. The summed E-state index contributed by atoms with van der Waals surface area (Å²) in [6, 6.07) is 8.86. The standard InChI is InChI=1S/C23H18ClFN4O7S2/c1-26-11-3-5-13-14(9-11)19(22(32)36-2)21(31)29(20(13)30)16-6-4-12(10-15(16)25)27-23(33)28-38(34,35)18-8-7-17(24)37-18/h3-10,26,31H,1-2H3,(H2,27,28,33). The molecular formula is C23H18ClFN4O7S2. The molecule has 2 aromatic heterocycles. The van der Waals surface area contributed by atoms with E-state index in [2.05, 4.69) is 10.6 Å². The second-order valence-electron chi connectivity index (χ2n) is 7.63. The van der Waals surface area contributed by atoms with Gasteiger partial charge in [0.1, 0.15) is 15.6 Å². The molecule has 38 heavy (non-hydrogen) atoms. The molecule has 0 aliphatic rings. The van der Waals surface area contributed by atoms with E-state index in [1.54, 1.807) is 17.8 Å². The van der Waals surface area contributed by atoms with E-state index in [0.29, 0.717) is 10.3 Å². The van der Waals surface area contributed by atoms with E-state index >= 15 is 4.39 Å². The number of nitrogens with one attached hydrogen (secondary N) is 3. The summed E-state index contributed by atoms with van der Waals surface area (Å²) in [5, 5.41) is 16.0. The van der Waals surface area contributed by atoms with Crippen molar-refractivity contribution in [3.8, 4) is 11.6 Å². The minimum Gasteiger partial charge on any atom is -0.493 e. The van der Waals surface area contributed by atoms with Crippen LogP contribution in [0.3, 0.4) is 0 Å². The fraction of sp³-hybridized carbons (Fsp3) is 0.0870. The molecular weight excluding hydrogens is 563 g/mol. The number of aromatic hydroxyl groups is 1. The highest BCUT2D eigenvalue weighted by molar-refractivity contribution is 7.92. The highest BCUT2D eigenvalue weighted by Crippen LogP contribution is 2.31. The first-order chi connectivity index (χ1) is 18.0. The van der Waals surface area contributed by atoms with Crippen LogP contribution in [0.25, 0.3) is 16.5 Å². The number of aromatic nitrogens is 1. The Hall–Kier alpha value is -4.14. The minimum absolute atomic E-state index is 0.00191. The van der Waals surface area contributed by atoms with Crippen LogP contribution in [0.15, 0.2) is 57.5 Å². The molecule has 2 heterocycles. The number of benzene rings is 2. The molecule has 0 unspecified atom stereocenters. The maximum Gasteiger partial charge on any atom is 0.343 e. The summed E-state index contributed by atoms with van der Waals surface area (Å²) < 4.78 is 46.9. The third-order valence-corrected chi connectivity index (χ3v) is 8.38. The minimum atomic E-state index is -4.22. The number of ether oxygens (including phenoxy) is 1. The molecule has 0 spiro atoms. The monoisotopic (exact) mass is 580 g/mol. The van der Waals surface area contributed by atoms with E-state index in [1.165, 1.54) is 30.3 Å². The predicted molar refractivity (Wildman–Crippen MR) is 141 cm³/mol. The van der Waals surface area contributed by atoms with Gasteiger partial charge in [0.05, 0.1) is 17.1 Å². The topological polar surface area (TPSA) is 156 Å². The van der Waals surface area contributed by atoms with Crippen LogP contribution in [0, 0.1) is 5.82 Å². The van der Waals surface area contributed by atoms with Crippen molar-refractivity contribution in [2.45, 2.75) is 4.21 Å². The lowest BCUT2D eigenvalue weighted by Gasteiger charge is -2.16. The number of carbonyl (C=O) groups excluding carboxylic acids is 2. The highest BCUT2D eigenvalue weighted by atomic mass is 35.5. The van der Waals surface area contributed by atoms with Gasteiger partial charge in [0.25, 0.3) is 15.6 Å². The van der Waals surface area contributed by atoms with Gasteiger partial charge < -0.3 is 20.5 Å². The number of nitrogens with zero attached hydrogens (tertiary/aromatic N) is 1. The largest absolute Gasteiger partial charge is 0.493 e. The SMILES string of the molecule is CNc1ccc2c(=O)n(-c3ccc(NC(=O)NS(=O)(=O)c4ccc(Cl)s4)cc3F)c(O)c(C(=O)OC)c2c1. The number of sulfonamides is 1. The van der Waals surface area contributed by atoms with Gasteiger partial charge in [-0.1, -0.05) is 11.6 Å². The number of thiophene rings is 1. The molecule has 4 aromatic rings. The second kappa shape index (κ2) is 10.3. The van der Waals surface area contributed by atoms with Gasteiger partial charge in [-0.3, -0.25) is 4.79 Å². The van der Waals surface area contributed by atoms with E-state index in [1.807, 2.05) is 0 Å². The number of halogens is 2. The molecule has 4 rings (SSSR count). The maximum atomic E-state index is 15.2. The summed E-state index contributed by atoms with van der Waals surface area (Å²) in [6.07, 6.45) is 0. The molecule has 2 amide bonds. The number of urea groups is 1. The average Bonchev–Trinajstić information content (AvgIpc) is 3.31. The molecule has 0 bridgehead atoms. The normalized spacial score (nSPS) is 11.3. The molecule has 0 atom stereocenters. The third-order valence-electron chi connectivity index (χ3n) is 5.32. The molecule has 4 N–H and O–H groups in total. The zero-order valence-electron chi connectivity index (χ0n) is 19.5. The lowest BCUT2D eigenvalue weighted by Crippen LogP contribution is -2.34. The smallest absolute Gasteiger partial charge is 0.343 e. The molecule has 0 fully saturated rings. The summed E-state index contributed by atoms with van der Waals surface area (Å²) in [5.41, 5.74) is -1.25. The predicted octanol–water partition coefficient (Wildman–Crippen LogP) is 3.89. The number of pyridine rings is 1. The van der Waals surface area contributed by atoms with Gasteiger partial charge in [0.15, 0.2) is 0 Å². The van der Waals surface area contributed by atoms with E-state index in [0.717, 1.165) is 30.6 Å².